The van der Waals surface area contributed by atoms with Crippen LogP contribution < -0.4 is 5.32 Å². The lowest BCUT2D eigenvalue weighted by molar-refractivity contribution is 0.475. The van der Waals surface area contributed by atoms with Crippen LogP contribution in [0.4, 0.5) is 11.5 Å². The van der Waals surface area contributed by atoms with Gasteiger partial charge in [-0.15, -0.1) is 0 Å². The molecule has 0 aliphatic carbocycles. The molecular weight excluding hydrogens is 344 g/mol. The van der Waals surface area contributed by atoms with E-state index in [1.807, 2.05) is 55.5 Å². The van der Waals surface area contributed by atoms with Crippen LogP contribution in [0.2, 0.25) is 0 Å². The number of rotatable bonds is 4. The van der Waals surface area contributed by atoms with Gasteiger partial charge in [-0.1, -0.05) is 23.9 Å². The Hall–Kier alpha value is -3.12. The third-order valence-corrected chi connectivity index (χ3v) is 4.92. The van der Waals surface area contributed by atoms with Gasteiger partial charge in [0.15, 0.2) is 5.65 Å². The van der Waals surface area contributed by atoms with Gasteiger partial charge in [-0.05, 0) is 55.5 Å². The van der Waals surface area contributed by atoms with Gasteiger partial charge in [-0.3, -0.25) is 0 Å². The summed E-state index contributed by atoms with van der Waals surface area (Å²) >= 11 is 1.62. The Morgan fingerprint density at radius 2 is 1.73 bits per heavy atom. The zero-order valence-corrected chi connectivity index (χ0v) is 14.9. The minimum absolute atomic E-state index is 0.260. The molecule has 2 heterocycles. The minimum Gasteiger partial charge on any atom is -0.508 e. The van der Waals surface area contributed by atoms with Crippen LogP contribution >= 0.6 is 11.8 Å². The summed E-state index contributed by atoms with van der Waals surface area (Å²) in [5, 5.41) is 13.7. The van der Waals surface area contributed by atoms with Gasteiger partial charge in [0, 0.05) is 15.5 Å². The highest BCUT2D eigenvalue weighted by Gasteiger charge is 2.09. The van der Waals surface area contributed by atoms with Gasteiger partial charge in [0.25, 0.3) is 0 Å². The number of phenols is 1. The molecule has 0 saturated heterocycles. The molecule has 6 heteroatoms. The van der Waals surface area contributed by atoms with Gasteiger partial charge in [0.05, 0.1) is 11.1 Å². The average molecular weight is 360 g/mol. The molecule has 4 rings (SSSR count). The van der Waals surface area contributed by atoms with E-state index in [0.29, 0.717) is 5.65 Å². The molecule has 2 aromatic heterocycles. The normalized spacial score (nSPS) is 10.8. The average Bonchev–Trinajstić information content (AvgIpc) is 2.65. The van der Waals surface area contributed by atoms with Crippen LogP contribution in [-0.4, -0.2) is 20.1 Å². The number of nitrogens with one attached hydrogen (secondary N) is 1. The monoisotopic (exact) mass is 360 g/mol. The van der Waals surface area contributed by atoms with Crippen molar-refractivity contribution in [3.63, 3.8) is 0 Å². The summed E-state index contributed by atoms with van der Waals surface area (Å²) in [7, 11) is 0. The molecular formula is C20H16N4OS. The van der Waals surface area contributed by atoms with Gasteiger partial charge in [-0.25, -0.2) is 15.0 Å². The molecule has 0 saturated carbocycles. The van der Waals surface area contributed by atoms with Crippen LogP contribution in [0.5, 0.6) is 5.75 Å². The molecule has 2 aromatic carbocycles. The molecule has 0 aliphatic heterocycles. The minimum atomic E-state index is 0.260. The summed E-state index contributed by atoms with van der Waals surface area (Å²) in [4.78, 5) is 15.2. The molecule has 4 aromatic rings. The Kier molecular flexibility index (Phi) is 4.41. The number of fused-ring (bicyclic) bond motifs is 1. The van der Waals surface area contributed by atoms with Crippen molar-refractivity contribution in [3.05, 3.63) is 72.7 Å². The van der Waals surface area contributed by atoms with Crippen LogP contribution in [0.3, 0.4) is 0 Å². The molecule has 5 nitrogen and oxygen atoms in total. The van der Waals surface area contributed by atoms with Crippen molar-refractivity contribution < 1.29 is 5.11 Å². The van der Waals surface area contributed by atoms with E-state index >= 15 is 0 Å². The number of aryl methyl sites for hydroxylation is 1. The van der Waals surface area contributed by atoms with Crippen LogP contribution in [0.15, 0.2) is 76.8 Å². The van der Waals surface area contributed by atoms with Gasteiger partial charge >= 0.3 is 0 Å². The first-order valence-electron chi connectivity index (χ1n) is 8.10. The predicted molar refractivity (Wildman–Crippen MR) is 104 cm³/mol. The van der Waals surface area contributed by atoms with Crippen molar-refractivity contribution >= 4 is 34.3 Å². The van der Waals surface area contributed by atoms with Crippen LogP contribution in [0.1, 0.15) is 5.69 Å². The first kappa shape index (κ1) is 16.4. The molecule has 0 atom stereocenters. The number of hydrogen-bond acceptors (Lipinski definition) is 6. The maximum Gasteiger partial charge on any atom is 0.164 e. The molecule has 128 valence electrons. The van der Waals surface area contributed by atoms with E-state index in [9.17, 15) is 5.11 Å². The summed E-state index contributed by atoms with van der Waals surface area (Å²) in [5.41, 5.74) is 2.54. The lowest BCUT2D eigenvalue weighted by atomic mass is 10.2. The van der Waals surface area contributed by atoms with Crippen LogP contribution in [0, 0.1) is 6.92 Å². The van der Waals surface area contributed by atoms with Crippen molar-refractivity contribution in [2.75, 3.05) is 5.32 Å². The number of nitrogens with zero attached hydrogens (tertiary/aromatic N) is 3. The van der Waals surface area contributed by atoms with Gasteiger partial charge in [0.1, 0.15) is 17.9 Å². The molecule has 0 unspecified atom stereocenters. The Bertz CT molecular complexity index is 1070. The third kappa shape index (κ3) is 3.45. The summed E-state index contributed by atoms with van der Waals surface area (Å²) in [6, 6.07) is 19.1. The fourth-order valence-corrected chi connectivity index (χ4v) is 3.47. The van der Waals surface area contributed by atoms with Gasteiger partial charge < -0.3 is 10.4 Å². The molecule has 2 N–H and O–H groups in total. The number of anilines is 2. The van der Waals surface area contributed by atoms with Crippen molar-refractivity contribution in [2.24, 2.45) is 0 Å². The Morgan fingerprint density at radius 1 is 0.923 bits per heavy atom. The fourth-order valence-electron chi connectivity index (χ4n) is 2.56. The molecule has 0 radical (unpaired) electrons. The van der Waals surface area contributed by atoms with E-state index in [0.717, 1.165) is 32.4 Å². The van der Waals surface area contributed by atoms with E-state index in [4.69, 9.17) is 0 Å². The Balaban J connectivity index is 1.68. The second-order valence-corrected chi connectivity index (χ2v) is 6.88. The standard InChI is InChI=1S/C20H16N4OS/c1-13-6-11-16-19(23-13)21-12-22-20(16)24-17-4-2-3-5-18(17)26-15-9-7-14(25)8-10-15/h2-12,25H,1H3,(H,21,22,23,24). The summed E-state index contributed by atoms with van der Waals surface area (Å²) in [6.45, 7) is 1.94. The van der Waals surface area contributed by atoms with E-state index in [1.54, 1.807) is 23.9 Å². The van der Waals surface area contributed by atoms with Crippen molar-refractivity contribution in [1.82, 2.24) is 15.0 Å². The first-order valence-corrected chi connectivity index (χ1v) is 8.92. The lowest BCUT2D eigenvalue weighted by Crippen LogP contribution is -1.98. The quantitative estimate of drug-likeness (QED) is 0.537. The number of hydrogen-bond donors (Lipinski definition) is 2. The van der Waals surface area contributed by atoms with E-state index < -0.39 is 0 Å². The highest BCUT2D eigenvalue weighted by molar-refractivity contribution is 7.99. The number of benzene rings is 2. The van der Waals surface area contributed by atoms with Gasteiger partial charge in [-0.2, -0.15) is 0 Å². The first-order chi connectivity index (χ1) is 12.7. The smallest absolute Gasteiger partial charge is 0.164 e. The molecule has 0 spiro atoms. The summed E-state index contributed by atoms with van der Waals surface area (Å²) < 4.78 is 0. The predicted octanol–water partition coefficient (Wildman–Crippen LogP) is 4.93. The maximum absolute atomic E-state index is 9.45. The molecule has 26 heavy (non-hydrogen) atoms. The highest BCUT2D eigenvalue weighted by atomic mass is 32.2. The second kappa shape index (κ2) is 7.01. The number of para-hydroxylation sites is 1. The van der Waals surface area contributed by atoms with Crippen molar-refractivity contribution in [2.45, 2.75) is 16.7 Å². The fraction of sp³-hybridized carbons (Fsp3) is 0.0500. The number of pyridine rings is 1. The van der Waals surface area contributed by atoms with E-state index in [-0.39, 0.29) is 5.75 Å². The molecule has 0 fully saturated rings. The SMILES string of the molecule is Cc1ccc2c(Nc3ccccc3Sc3ccc(O)cc3)ncnc2n1. The van der Waals surface area contributed by atoms with Crippen LogP contribution in [0.25, 0.3) is 11.0 Å². The van der Waals surface area contributed by atoms with E-state index in [1.165, 1.54) is 6.33 Å². The van der Waals surface area contributed by atoms with E-state index in [2.05, 4.69) is 20.3 Å². The molecule has 0 bridgehead atoms. The molecule has 0 amide bonds. The Morgan fingerprint density at radius 3 is 2.58 bits per heavy atom. The van der Waals surface area contributed by atoms with Crippen molar-refractivity contribution in [3.8, 4) is 5.75 Å². The number of aromatic hydroxyl groups is 1. The zero-order chi connectivity index (χ0) is 17.9. The summed E-state index contributed by atoms with van der Waals surface area (Å²) in [5.74, 6) is 0.984. The maximum atomic E-state index is 9.45. The van der Waals surface area contributed by atoms with Crippen molar-refractivity contribution in [1.29, 1.82) is 0 Å². The van der Waals surface area contributed by atoms with Crippen LogP contribution in [-0.2, 0) is 0 Å². The molecule has 0 aliphatic rings. The summed E-state index contributed by atoms with van der Waals surface area (Å²) in [6.07, 6.45) is 1.52. The van der Waals surface area contributed by atoms with Gasteiger partial charge in [0.2, 0.25) is 0 Å². The number of aromatic nitrogens is 3. The topological polar surface area (TPSA) is 70.9 Å². The highest BCUT2D eigenvalue weighted by Crippen LogP contribution is 2.35. The lowest BCUT2D eigenvalue weighted by Gasteiger charge is -2.12. The second-order valence-electron chi connectivity index (χ2n) is 5.76. The Labute approximate surface area is 155 Å². The third-order valence-electron chi connectivity index (χ3n) is 3.84. The number of phenolic OH excluding ortho intramolecular Hbond substituents is 1. The largest absolute Gasteiger partial charge is 0.508 e. The zero-order valence-electron chi connectivity index (χ0n) is 14.0.